The van der Waals surface area contributed by atoms with E-state index in [9.17, 15) is 4.79 Å². The molecule has 0 saturated heterocycles. The number of methoxy groups -OCH3 is 1. The monoisotopic (exact) mass is 301 g/mol. The Morgan fingerprint density at radius 3 is 3.06 bits per heavy atom. The average Bonchev–Trinajstić information content (AvgIpc) is 2.29. The summed E-state index contributed by atoms with van der Waals surface area (Å²) in [6, 6.07) is 3.46. The van der Waals surface area contributed by atoms with E-state index < -0.39 is 12.1 Å². The number of rotatable bonds is 6. The summed E-state index contributed by atoms with van der Waals surface area (Å²) in [6.45, 7) is 0.255. The first-order valence-corrected chi connectivity index (χ1v) is 5.60. The molecular formula is C11H12BrNO4. The van der Waals surface area contributed by atoms with Gasteiger partial charge in [-0.25, -0.2) is 9.78 Å². The van der Waals surface area contributed by atoms with E-state index in [4.69, 9.17) is 14.6 Å². The molecule has 1 N–H and O–H groups in total. The van der Waals surface area contributed by atoms with Crippen LogP contribution in [0.3, 0.4) is 0 Å². The van der Waals surface area contributed by atoms with Crippen LogP contribution < -0.4 is 4.74 Å². The fraction of sp³-hybridized carbons (Fsp3) is 0.273. The van der Waals surface area contributed by atoms with Crippen LogP contribution >= 0.6 is 15.9 Å². The number of nitrogens with zero attached hydrogens (tertiary/aromatic N) is 1. The third kappa shape index (κ3) is 4.97. The van der Waals surface area contributed by atoms with Gasteiger partial charge in [-0.15, -0.1) is 0 Å². The minimum absolute atomic E-state index is 0.255. The molecule has 0 radical (unpaired) electrons. The van der Waals surface area contributed by atoms with Crippen LogP contribution in [0.25, 0.3) is 0 Å². The molecule has 17 heavy (non-hydrogen) atoms. The molecule has 0 aromatic carbocycles. The number of pyridine rings is 1. The Morgan fingerprint density at radius 1 is 1.71 bits per heavy atom. The van der Waals surface area contributed by atoms with Gasteiger partial charge < -0.3 is 14.6 Å². The molecule has 1 heterocycles. The van der Waals surface area contributed by atoms with Crippen molar-refractivity contribution in [3.63, 3.8) is 0 Å². The standard InChI is InChI=1S/C11H12BrNO4/c1-16-7-8(4-5-10(14)15)17-9-3-2-6-13-11(9)12/h2-6,8H,7H2,1H3,(H,14,15)/b5-4+. The van der Waals surface area contributed by atoms with Gasteiger partial charge >= 0.3 is 5.97 Å². The Hall–Kier alpha value is -1.40. The molecule has 0 fully saturated rings. The summed E-state index contributed by atoms with van der Waals surface area (Å²) in [6.07, 6.45) is 3.59. The van der Waals surface area contributed by atoms with Gasteiger partial charge in [0.15, 0.2) is 5.75 Å². The van der Waals surface area contributed by atoms with Crippen molar-refractivity contribution in [3.05, 3.63) is 35.1 Å². The summed E-state index contributed by atoms with van der Waals surface area (Å²) >= 11 is 3.24. The number of carbonyl (C=O) groups is 1. The number of hydrogen-bond acceptors (Lipinski definition) is 4. The summed E-state index contributed by atoms with van der Waals surface area (Å²) in [5, 5.41) is 8.55. The van der Waals surface area contributed by atoms with E-state index >= 15 is 0 Å². The second-order valence-electron chi connectivity index (χ2n) is 3.10. The van der Waals surface area contributed by atoms with Crippen molar-refractivity contribution >= 4 is 21.9 Å². The molecule has 0 spiro atoms. The highest BCUT2D eigenvalue weighted by Gasteiger charge is 2.09. The lowest BCUT2D eigenvalue weighted by molar-refractivity contribution is -0.131. The molecule has 0 amide bonds. The van der Waals surface area contributed by atoms with Crippen LogP contribution in [0.5, 0.6) is 5.75 Å². The first-order valence-electron chi connectivity index (χ1n) is 4.80. The van der Waals surface area contributed by atoms with Crippen LogP contribution in [0, 0.1) is 0 Å². The molecule has 1 atom stereocenters. The van der Waals surface area contributed by atoms with E-state index in [1.807, 2.05) is 0 Å². The summed E-state index contributed by atoms with van der Waals surface area (Å²) in [5.41, 5.74) is 0. The SMILES string of the molecule is COCC(/C=C/C(=O)O)Oc1cccnc1Br. The molecule has 1 rings (SSSR count). The second-order valence-corrected chi connectivity index (χ2v) is 3.85. The summed E-state index contributed by atoms with van der Waals surface area (Å²) in [5.74, 6) is -0.496. The highest BCUT2D eigenvalue weighted by atomic mass is 79.9. The third-order valence-electron chi connectivity index (χ3n) is 1.79. The summed E-state index contributed by atoms with van der Waals surface area (Å²) in [4.78, 5) is 14.4. The van der Waals surface area contributed by atoms with Crippen LogP contribution in [0.1, 0.15) is 0 Å². The minimum Gasteiger partial charge on any atom is -0.481 e. The van der Waals surface area contributed by atoms with Gasteiger partial charge in [0.2, 0.25) is 0 Å². The van der Waals surface area contributed by atoms with Crippen LogP contribution in [0.2, 0.25) is 0 Å². The van der Waals surface area contributed by atoms with Crippen molar-refractivity contribution < 1.29 is 19.4 Å². The third-order valence-corrected chi connectivity index (χ3v) is 2.38. The predicted molar refractivity (Wildman–Crippen MR) is 65.0 cm³/mol. The molecule has 1 unspecified atom stereocenters. The highest BCUT2D eigenvalue weighted by molar-refractivity contribution is 9.10. The number of aromatic nitrogens is 1. The topological polar surface area (TPSA) is 68.7 Å². The largest absolute Gasteiger partial charge is 0.481 e. The lowest BCUT2D eigenvalue weighted by Crippen LogP contribution is -2.20. The first-order chi connectivity index (χ1) is 8.13. The zero-order valence-electron chi connectivity index (χ0n) is 9.17. The maximum Gasteiger partial charge on any atom is 0.328 e. The van der Waals surface area contributed by atoms with Crippen LogP contribution in [0.15, 0.2) is 35.1 Å². The van der Waals surface area contributed by atoms with E-state index in [0.717, 1.165) is 6.08 Å². The van der Waals surface area contributed by atoms with E-state index in [2.05, 4.69) is 20.9 Å². The Labute approximate surface area is 107 Å². The molecule has 0 aliphatic heterocycles. The van der Waals surface area contributed by atoms with Gasteiger partial charge in [-0.2, -0.15) is 0 Å². The quantitative estimate of drug-likeness (QED) is 0.642. The lowest BCUT2D eigenvalue weighted by atomic mass is 10.3. The van der Waals surface area contributed by atoms with Crippen molar-refractivity contribution in [1.29, 1.82) is 0 Å². The zero-order chi connectivity index (χ0) is 12.7. The van der Waals surface area contributed by atoms with Crippen LogP contribution in [-0.4, -0.2) is 35.9 Å². The molecule has 1 aromatic rings. The Balaban J connectivity index is 2.73. The number of hydrogen-bond donors (Lipinski definition) is 1. The van der Waals surface area contributed by atoms with Gasteiger partial charge in [0.25, 0.3) is 0 Å². The molecule has 5 nitrogen and oxygen atoms in total. The maximum absolute atomic E-state index is 10.4. The van der Waals surface area contributed by atoms with E-state index in [-0.39, 0.29) is 6.61 Å². The Kier molecular flexibility index (Phi) is 5.65. The van der Waals surface area contributed by atoms with Crippen molar-refractivity contribution in [2.75, 3.05) is 13.7 Å². The smallest absolute Gasteiger partial charge is 0.328 e. The Bertz CT molecular complexity index is 408. The molecule has 6 heteroatoms. The number of aliphatic carboxylic acids is 1. The first kappa shape index (κ1) is 13.7. The fourth-order valence-corrected chi connectivity index (χ4v) is 1.45. The fourth-order valence-electron chi connectivity index (χ4n) is 1.11. The molecule has 0 aliphatic carbocycles. The van der Waals surface area contributed by atoms with Gasteiger partial charge in [0.05, 0.1) is 6.61 Å². The van der Waals surface area contributed by atoms with Gasteiger partial charge in [-0.05, 0) is 34.1 Å². The molecule has 0 aliphatic rings. The molecule has 0 saturated carbocycles. The minimum atomic E-state index is -1.03. The van der Waals surface area contributed by atoms with Crippen LogP contribution in [0.4, 0.5) is 0 Å². The highest BCUT2D eigenvalue weighted by Crippen LogP contribution is 2.22. The maximum atomic E-state index is 10.4. The number of halogens is 1. The van der Waals surface area contributed by atoms with Gasteiger partial charge in [0.1, 0.15) is 10.7 Å². The normalized spacial score (nSPS) is 12.6. The number of carboxylic acid groups (broad SMARTS) is 1. The average molecular weight is 302 g/mol. The zero-order valence-corrected chi connectivity index (χ0v) is 10.8. The Morgan fingerprint density at radius 2 is 2.47 bits per heavy atom. The van der Waals surface area contributed by atoms with Gasteiger partial charge in [-0.3, -0.25) is 0 Å². The van der Waals surface area contributed by atoms with E-state index in [1.165, 1.54) is 13.2 Å². The molecule has 0 bridgehead atoms. The summed E-state index contributed by atoms with van der Waals surface area (Å²) < 4.78 is 11.1. The van der Waals surface area contributed by atoms with Crippen molar-refractivity contribution in [1.82, 2.24) is 4.98 Å². The van der Waals surface area contributed by atoms with Crippen LogP contribution in [-0.2, 0) is 9.53 Å². The molecule has 1 aromatic heterocycles. The number of carboxylic acids is 1. The van der Waals surface area contributed by atoms with Crippen molar-refractivity contribution in [2.24, 2.45) is 0 Å². The van der Waals surface area contributed by atoms with Crippen molar-refractivity contribution in [3.8, 4) is 5.75 Å². The van der Waals surface area contributed by atoms with Gasteiger partial charge in [-0.1, -0.05) is 0 Å². The van der Waals surface area contributed by atoms with E-state index in [1.54, 1.807) is 18.3 Å². The second kappa shape index (κ2) is 7.03. The predicted octanol–water partition coefficient (Wildman–Crippen LogP) is 1.88. The number of ether oxygens (including phenoxy) is 2. The lowest BCUT2D eigenvalue weighted by Gasteiger charge is -2.15. The van der Waals surface area contributed by atoms with Crippen molar-refractivity contribution in [2.45, 2.75) is 6.10 Å². The van der Waals surface area contributed by atoms with Gasteiger partial charge in [0, 0.05) is 19.4 Å². The molecular weight excluding hydrogens is 290 g/mol. The summed E-state index contributed by atoms with van der Waals surface area (Å²) in [7, 11) is 1.52. The van der Waals surface area contributed by atoms with E-state index in [0.29, 0.717) is 10.4 Å². The molecule has 92 valence electrons.